The van der Waals surface area contributed by atoms with Gasteiger partial charge in [-0.25, -0.2) is 19.8 Å². The second-order valence-electron chi connectivity index (χ2n) is 12.1. The molecule has 0 aliphatic heterocycles. The number of hydrogen-bond acceptors (Lipinski definition) is 3. The number of para-hydroxylation sites is 4. The van der Waals surface area contributed by atoms with E-state index in [1.54, 1.807) is 45.5 Å². The fourth-order valence-electron chi connectivity index (χ4n) is 6.93. The first-order valence-corrected chi connectivity index (χ1v) is 16.5. The SMILES string of the molecule is [2H]c1cc([2H])c2c3c([2H])cc([2H])cc3n(-c3cc(-n4c5cc([2H])cc([2H])c5c5c([2H])cc([2H])cc54)c(-c4nc(-c5ccccc5)nc(-c5ccccc5)n4)cc3[N+]#[C-])c2c1. The van der Waals surface area contributed by atoms with E-state index in [1.165, 1.54) is 24.3 Å². The molecule has 0 atom stereocenters. The maximum absolute atomic E-state index is 9.05. The number of rotatable bonds is 5. The minimum Gasteiger partial charge on any atom is -0.319 e. The summed E-state index contributed by atoms with van der Waals surface area (Å²) in [5, 5.41) is 1.56. The topological polar surface area (TPSA) is 52.9 Å². The Kier molecular flexibility index (Phi) is 5.12. The van der Waals surface area contributed by atoms with Gasteiger partial charge in [0.1, 0.15) is 0 Å². The van der Waals surface area contributed by atoms with E-state index in [-0.39, 0.29) is 65.5 Å². The van der Waals surface area contributed by atoms with Gasteiger partial charge in [0.05, 0.1) is 51.0 Å². The molecule has 3 aromatic heterocycles. The van der Waals surface area contributed by atoms with Gasteiger partial charge in [-0.1, -0.05) is 133 Å². The summed E-state index contributed by atoms with van der Waals surface area (Å²) in [6, 6.07) is 34.4. The Morgan fingerprint density at radius 1 is 0.462 bits per heavy atom. The van der Waals surface area contributed by atoms with E-state index >= 15 is 0 Å². The van der Waals surface area contributed by atoms with Crippen LogP contribution in [-0.4, -0.2) is 24.1 Å². The molecule has 6 heteroatoms. The molecule has 0 radical (unpaired) electrons. The average Bonchev–Trinajstić information content (AvgIpc) is 3.73. The van der Waals surface area contributed by atoms with Crippen LogP contribution in [0.25, 0.3) is 94.0 Å². The monoisotopic (exact) mass is 672 g/mol. The molecule has 242 valence electrons. The van der Waals surface area contributed by atoms with E-state index in [9.17, 15) is 0 Å². The standard InChI is InChI=1S/C46H28N6/c1-47-37-28-36(46-49-44(30-16-4-2-5-17-30)48-45(50-46)31-18-6-3-7-19-31)42(51-38-24-12-8-20-32(38)33-21-9-13-25-39(33)51)29-43(37)52-40-26-14-10-22-34(40)35-23-11-15-27-41(35)52/h2-29H/i12D,13D,14D,15D,20D,21D,22D,23D. The fourth-order valence-corrected chi connectivity index (χ4v) is 6.93. The Hall–Kier alpha value is -7.36. The molecule has 0 saturated carbocycles. The van der Waals surface area contributed by atoms with Crippen LogP contribution in [0.15, 0.2) is 170 Å². The van der Waals surface area contributed by atoms with Gasteiger partial charge in [-0.05, 0) is 36.4 Å². The van der Waals surface area contributed by atoms with Gasteiger partial charge in [-0.15, -0.1) is 0 Å². The number of nitrogens with zero attached hydrogens (tertiary/aromatic N) is 6. The number of benzene rings is 7. The van der Waals surface area contributed by atoms with Crippen molar-refractivity contribution in [3.05, 3.63) is 181 Å². The summed E-state index contributed by atoms with van der Waals surface area (Å²) in [6.45, 7) is 8.61. The normalized spacial score (nSPS) is 13.6. The maximum Gasteiger partial charge on any atom is 0.211 e. The summed E-state index contributed by atoms with van der Waals surface area (Å²) in [7, 11) is 0. The molecule has 3 heterocycles. The Morgan fingerprint density at radius 2 is 0.865 bits per heavy atom. The highest BCUT2D eigenvalue weighted by Crippen LogP contribution is 2.42. The summed E-state index contributed by atoms with van der Waals surface area (Å²) >= 11 is 0. The van der Waals surface area contributed by atoms with Crippen LogP contribution in [0.1, 0.15) is 11.0 Å². The van der Waals surface area contributed by atoms with Gasteiger partial charge in [-0.3, -0.25) is 0 Å². The van der Waals surface area contributed by atoms with Crippen molar-refractivity contribution in [2.75, 3.05) is 0 Å². The van der Waals surface area contributed by atoms with Crippen molar-refractivity contribution in [2.24, 2.45) is 0 Å². The van der Waals surface area contributed by atoms with Crippen LogP contribution < -0.4 is 0 Å². The quantitative estimate of drug-likeness (QED) is 0.171. The van der Waals surface area contributed by atoms with Crippen molar-refractivity contribution in [2.45, 2.75) is 0 Å². The zero-order valence-corrected chi connectivity index (χ0v) is 27.2. The molecule has 10 aromatic rings. The number of aromatic nitrogens is 5. The van der Waals surface area contributed by atoms with Crippen LogP contribution in [0.5, 0.6) is 0 Å². The fraction of sp³-hybridized carbons (Fsp3) is 0. The molecule has 52 heavy (non-hydrogen) atoms. The molecule has 10 rings (SSSR count). The van der Waals surface area contributed by atoms with E-state index in [1.807, 2.05) is 60.7 Å². The lowest BCUT2D eigenvalue weighted by Crippen LogP contribution is -2.05. The van der Waals surface area contributed by atoms with Crippen LogP contribution in [0, 0.1) is 6.57 Å². The van der Waals surface area contributed by atoms with Gasteiger partial charge in [0.2, 0.25) is 5.69 Å². The first-order chi connectivity index (χ1) is 29.0. The first-order valence-electron chi connectivity index (χ1n) is 20.5. The molecule has 0 saturated heterocycles. The summed E-state index contributed by atoms with van der Waals surface area (Å²) in [5.41, 5.74) is 4.13. The van der Waals surface area contributed by atoms with Crippen LogP contribution in [0.2, 0.25) is 0 Å². The van der Waals surface area contributed by atoms with Gasteiger partial charge < -0.3 is 9.13 Å². The van der Waals surface area contributed by atoms with Gasteiger partial charge in [0.25, 0.3) is 0 Å². The summed E-state index contributed by atoms with van der Waals surface area (Å²) in [5.74, 6) is 0.921. The largest absolute Gasteiger partial charge is 0.319 e. The third-order valence-corrected chi connectivity index (χ3v) is 9.20. The second-order valence-corrected chi connectivity index (χ2v) is 12.1. The molecule has 0 unspecified atom stereocenters. The van der Waals surface area contributed by atoms with Gasteiger partial charge >= 0.3 is 0 Å². The summed E-state index contributed by atoms with van der Waals surface area (Å²) in [4.78, 5) is 18.9. The molecule has 0 fully saturated rings. The van der Waals surface area contributed by atoms with Crippen LogP contribution >= 0.6 is 0 Å². The van der Waals surface area contributed by atoms with Crippen molar-refractivity contribution < 1.29 is 11.0 Å². The molecule has 0 bridgehead atoms. The Labute approximate surface area is 310 Å². The first kappa shape index (κ1) is 22.4. The average molecular weight is 673 g/mol. The molecule has 0 amide bonds. The number of hydrogen-bond donors (Lipinski definition) is 0. The summed E-state index contributed by atoms with van der Waals surface area (Å²) < 4.78 is 74.1. The van der Waals surface area contributed by atoms with Crippen molar-refractivity contribution in [1.82, 2.24) is 24.1 Å². The van der Waals surface area contributed by atoms with E-state index in [2.05, 4.69) is 4.85 Å². The van der Waals surface area contributed by atoms with Crippen molar-refractivity contribution >= 4 is 49.3 Å². The Bertz CT molecular complexity index is 3300. The van der Waals surface area contributed by atoms with E-state index in [0.29, 0.717) is 77.6 Å². The third kappa shape index (κ3) is 4.61. The van der Waals surface area contributed by atoms with Crippen LogP contribution in [0.4, 0.5) is 5.69 Å². The highest BCUT2D eigenvalue weighted by molar-refractivity contribution is 6.11. The van der Waals surface area contributed by atoms with E-state index < -0.39 is 0 Å². The number of fused-ring (bicyclic) bond motifs is 6. The van der Waals surface area contributed by atoms with Gasteiger partial charge in [0, 0.05) is 38.2 Å². The summed E-state index contributed by atoms with van der Waals surface area (Å²) in [6.07, 6.45) is 0. The zero-order chi connectivity index (χ0) is 41.6. The molecule has 0 aliphatic carbocycles. The highest BCUT2D eigenvalue weighted by Gasteiger charge is 2.23. The lowest BCUT2D eigenvalue weighted by Gasteiger charge is -2.19. The minimum atomic E-state index is 0.0139. The highest BCUT2D eigenvalue weighted by atomic mass is 15.1. The van der Waals surface area contributed by atoms with Crippen molar-refractivity contribution in [1.29, 1.82) is 0 Å². The second kappa shape index (κ2) is 11.9. The van der Waals surface area contributed by atoms with Crippen LogP contribution in [0.3, 0.4) is 0 Å². The Balaban J connectivity index is 1.41. The molecule has 6 nitrogen and oxygen atoms in total. The molecule has 0 aliphatic rings. The van der Waals surface area contributed by atoms with Gasteiger partial charge in [-0.2, -0.15) is 0 Å². The van der Waals surface area contributed by atoms with Crippen molar-refractivity contribution in [3.63, 3.8) is 0 Å². The van der Waals surface area contributed by atoms with E-state index in [4.69, 9.17) is 32.5 Å². The smallest absolute Gasteiger partial charge is 0.211 e. The molecule has 7 aromatic carbocycles. The minimum absolute atomic E-state index is 0.0139. The molecule has 0 spiro atoms. The molecule has 0 N–H and O–H groups in total. The lowest BCUT2D eigenvalue weighted by molar-refractivity contribution is 1.06. The maximum atomic E-state index is 9.05. The molecular weight excluding hydrogens is 637 g/mol. The third-order valence-electron chi connectivity index (χ3n) is 9.20. The van der Waals surface area contributed by atoms with Crippen LogP contribution in [-0.2, 0) is 0 Å². The Morgan fingerprint density at radius 3 is 1.29 bits per heavy atom. The molecular formula is C46H28N6. The lowest BCUT2D eigenvalue weighted by atomic mass is 10.1. The van der Waals surface area contributed by atoms with E-state index in [0.717, 1.165) is 0 Å². The predicted octanol–water partition coefficient (Wildman–Crippen LogP) is 11.6. The van der Waals surface area contributed by atoms with Crippen molar-refractivity contribution in [3.8, 4) is 45.5 Å². The predicted molar refractivity (Wildman–Crippen MR) is 211 cm³/mol. The van der Waals surface area contributed by atoms with Gasteiger partial charge in [0.15, 0.2) is 17.5 Å². The zero-order valence-electron chi connectivity index (χ0n) is 35.2.